The number of nitrogens with zero attached hydrogens (tertiary/aromatic N) is 3. The maximum absolute atomic E-state index is 6.44. The van der Waals surface area contributed by atoms with Gasteiger partial charge in [0.15, 0.2) is 0 Å². The Labute approximate surface area is 301 Å². The molecule has 2 N–H and O–H groups in total. The molecule has 0 aliphatic rings. The van der Waals surface area contributed by atoms with Crippen molar-refractivity contribution in [3.8, 4) is 0 Å². The molecule has 10 aromatic rings. The third-order valence-electron chi connectivity index (χ3n) is 10.4. The van der Waals surface area contributed by atoms with Crippen LogP contribution in [0.1, 0.15) is 13.0 Å². The summed E-state index contributed by atoms with van der Waals surface area (Å²) in [5.41, 5.74) is 16.4. The zero-order valence-corrected chi connectivity index (χ0v) is 28.0. The Morgan fingerprint density at radius 2 is 1.15 bits per heavy atom. The second-order valence-corrected chi connectivity index (χ2v) is 13.3. The number of benzene rings is 6. The highest BCUT2D eigenvalue weighted by Crippen LogP contribution is 2.39. The molecule has 4 nitrogen and oxygen atoms in total. The lowest BCUT2D eigenvalue weighted by Crippen LogP contribution is -2.02. The summed E-state index contributed by atoms with van der Waals surface area (Å²) in [6.45, 7) is 5.21. The van der Waals surface area contributed by atoms with Gasteiger partial charge in [0.05, 0.1) is 33.1 Å². The maximum Gasteiger partial charge on any atom is 0.0724 e. The van der Waals surface area contributed by atoms with Crippen molar-refractivity contribution in [1.29, 1.82) is 0 Å². The Hall–Kier alpha value is -6.78. The van der Waals surface area contributed by atoms with Crippen molar-refractivity contribution in [3.05, 3.63) is 181 Å². The van der Waals surface area contributed by atoms with Crippen molar-refractivity contribution in [2.24, 2.45) is 5.73 Å². The number of hydrogen-bond donors (Lipinski definition) is 1. The Kier molecular flexibility index (Phi) is 7.34. The van der Waals surface area contributed by atoms with Gasteiger partial charge in [-0.25, -0.2) is 0 Å². The van der Waals surface area contributed by atoms with E-state index in [0.717, 1.165) is 38.4 Å². The van der Waals surface area contributed by atoms with Crippen LogP contribution in [-0.2, 0) is 6.54 Å². The summed E-state index contributed by atoms with van der Waals surface area (Å²) < 4.78 is 7.30. The quantitative estimate of drug-likeness (QED) is 0.186. The summed E-state index contributed by atoms with van der Waals surface area (Å²) in [5, 5.41) is 9.41. The largest absolute Gasteiger partial charge is 0.398 e. The lowest BCUT2D eigenvalue weighted by Gasteiger charge is -2.14. The topological polar surface area (TPSA) is 39.8 Å². The predicted octanol–water partition coefficient (Wildman–Crippen LogP) is 11.4. The highest BCUT2D eigenvalue weighted by Gasteiger charge is 2.18. The van der Waals surface area contributed by atoms with Gasteiger partial charge in [-0.15, -0.1) is 0 Å². The third kappa shape index (κ3) is 4.61. The van der Waals surface area contributed by atoms with Gasteiger partial charge in [-0.1, -0.05) is 141 Å². The SMILES string of the molecule is C.C=c1ccccn2c3cc4c5ccccc5n(C/C=C\C=C(/N)c5ccccc5)c4cc3n3c4ccccc4c4cccc(c5cccc1c52)c43. The van der Waals surface area contributed by atoms with Gasteiger partial charge >= 0.3 is 0 Å². The van der Waals surface area contributed by atoms with Crippen LogP contribution in [0.4, 0.5) is 0 Å². The molecule has 0 atom stereocenters. The average molecular weight is 671 g/mol. The molecule has 0 fully saturated rings. The average Bonchev–Trinajstić information content (AvgIpc) is 3.67. The standard InChI is InChI=1S/C47H34N4.CH4/c1-31-15-9-11-28-50-44-29-39-35-19-5-7-25-41(35)49(27-12-10-24-40(48)32-16-3-2-4-17-32)43(39)30-45(44)51-42-26-8-6-18-34(42)36-21-14-23-38(47(36)51)37-22-13-20-33(31)46(37)50;/h2-26,28-30H,1,27,48H2;1H4/b12-10-,15-9?,28-11?,40-24-;. The number of hydrogen-bond acceptors (Lipinski definition) is 1. The Balaban J connectivity index is 0.00000360. The van der Waals surface area contributed by atoms with Crippen LogP contribution in [0.2, 0.25) is 0 Å². The minimum absolute atomic E-state index is 0. The van der Waals surface area contributed by atoms with Crippen molar-refractivity contribution >= 4 is 88.6 Å². The molecule has 250 valence electrons. The highest BCUT2D eigenvalue weighted by molar-refractivity contribution is 6.22. The van der Waals surface area contributed by atoms with Gasteiger partial charge in [-0.2, -0.15) is 0 Å². The molecular weight excluding hydrogens is 633 g/mol. The van der Waals surface area contributed by atoms with Crippen LogP contribution in [0, 0.1) is 0 Å². The van der Waals surface area contributed by atoms with Gasteiger partial charge in [0.1, 0.15) is 0 Å². The number of fused-ring (bicyclic) bond motifs is 10. The van der Waals surface area contributed by atoms with E-state index in [1.54, 1.807) is 0 Å². The van der Waals surface area contributed by atoms with E-state index in [4.69, 9.17) is 5.73 Å². The van der Waals surface area contributed by atoms with Crippen LogP contribution in [0.5, 0.6) is 0 Å². The molecule has 0 aliphatic carbocycles. The first kappa shape index (κ1) is 31.2. The van der Waals surface area contributed by atoms with E-state index in [0.29, 0.717) is 6.54 Å². The number of nitrogens with two attached hydrogens (primary N) is 1. The molecule has 6 aromatic carbocycles. The van der Waals surface area contributed by atoms with Gasteiger partial charge in [-0.05, 0) is 47.2 Å². The number of allylic oxidation sites excluding steroid dienone is 3. The van der Waals surface area contributed by atoms with E-state index < -0.39 is 0 Å². The molecule has 0 spiro atoms. The smallest absolute Gasteiger partial charge is 0.0724 e. The minimum Gasteiger partial charge on any atom is -0.398 e. The fraction of sp³-hybridized carbons (Fsp3) is 0.0417. The number of para-hydroxylation sites is 4. The number of rotatable bonds is 4. The van der Waals surface area contributed by atoms with Gasteiger partial charge in [-0.3, -0.25) is 0 Å². The van der Waals surface area contributed by atoms with Gasteiger partial charge in [0.2, 0.25) is 0 Å². The lowest BCUT2D eigenvalue weighted by atomic mass is 10.0. The zero-order valence-electron chi connectivity index (χ0n) is 28.0. The molecule has 4 heterocycles. The number of aromatic nitrogens is 3. The molecule has 52 heavy (non-hydrogen) atoms. The molecule has 10 rings (SSSR count). The van der Waals surface area contributed by atoms with Crippen molar-refractivity contribution in [2.75, 3.05) is 0 Å². The monoisotopic (exact) mass is 670 g/mol. The summed E-state index contributed by atoms with van der Waals surface area (Å²) in [6, 6.07) is 52.1. The molecule has 0 unspecified atom stereocenters. The van der Waals surface area contributed by atoms with Crippen molar-refractivity contribution in [2.45, 2.75) is 14.0 Å². The first-order chi connectivity index (χ1) is 25.2. The Bertz CT molecular complexity index is 3190. The molecule has 0 amide bonds. The molecule has 0 saturated heterocycles. The third-order valence-corrected chi connectivity index (χ3v) is 10.4. The van der Waals surface area contributed by atoms with Crippen LogP contribution < -0.4 is 11.0 Å². The first-order valence-electron chi connectivity index (χ1n) is 17.4. The molecular formula is C48H38N4. The van der Waals surface area contributed by atoms with E-state index in [9.17, 15) is 0 Å². The van der Waals surface area contributed by atoms with Crippen molar-refractivity contribution in [3.63, 3.8) is 0 Å². The fourth-order valence-electron chi connectivity index (χ4n) is 8.14. The van der Waals surface area contributed by atoms with Crippen LogP contribution in [0.25, 0.3) is 88.6 Å². The summed E-state index contributed by atoms with van der Waals surface area (Å²) in [4.78, 5) is 0. The molecule has 4 heteroatoms. The minimum atomic E-state index is 0. The van der Waals surface area contributed by atoms with Crippen LogP contribution >= 0.6 is 0 Å². The summed E-state index contributed by atoms with van der Waals surface area (Å²) in [6.07, 6.45) is 8.46. The molecule has 0 bridgehead atoms. The van der Waals surface area contributed by atoms with Crippen molar-refractivity contribution < 1.29 is 0 Å². The maximum atomic E-state index is 6.44. The van der Waals surface area contributed by atoms with Gasteiger partial charge in [0.25, 0.3) is 0 Å². The summed E-state index contributed by atoms with van der Waals surface area (Å²) >= 11 is 0. The van der Waals surface area contributed by atoms with E-state index in [1.807, 2.05) is 36.4 Å². The van der Waals surface area contributed by atoms with E-state index in [1.165, 1.54) is 54.4 Å². The predicted molar refractivity (Wildman–Crippen MR) is 224 cm³/mol. The molecule has 0 radical (unpaired) electrons. The summed E-state index contributed by atoms with van der Waals surface area (Å²) in [5.74, 6) is 0. The van der Waals surface area contributed by atoms with Gasteiger partial charge in [0, 0.05) is 61.7 Å². The lowest BCUT2D eigenvalue weighted by molar-refractivity contribution is 0.899. The van der Waals surface area contributed by atoms with E-state index in [-0.39, 0.29) is 7.43 Å². The Morgan fingerprint density at radius 3 is 1.94 bits per heavy atom. The first-order valence-corrected chi connectivity index (χ1v) is 17.4. The van der Waals surface area contributed by atoms with Crippen LogP contribution in [0.15, 0.2) is 170 Å². The molecule has 4 aromatic heterocycles. The van der Waals surface area contributed by atoms with E-state index >= 15 is 0 Å². The highest BCUT2D eigenvalue weighted by atomic mass is 15.0. The van der Waals surface area contributed by atoms with Crippen molar-refractivity contribution in [1.82, 2.24) is 13.4 Å². The fourth-order valence-corrected chi connectivity index (χ4v) is 8.14. The second-order valence-electron chi connectivity index (χ2n) is 13.3. The summed E-state index contributed by atoms with van der Waals surface area (Å²) in [7, 11) is 0. The normalized spacial score (nSPS) is 12.3. The van der Waals surface area contributed by atoms with Crippen LogP contribution in [0.3, 0.4) is 0 Å². The molecule has 0 aliphatic heterocycles. The Morgan fingerprint density at radius 1 is 0.538 bits per heavy atom. The van der Waals surface area contributed by atoms with E-state index in [2.05, 4.69) is 154 Å². The van der Waals surface area contributed by atoms with Crippen LogP contribution in [-0.4, -0.2) is 13.4 Å². The zero-order chi connectivity index (χ0) is 34.1. The molecule has 0 saturated carbocycles. The van der Waals surface area contributed by atoms with Gasteiger partial charge < -0.3 is 19.1 Å². The second kappa shape index (κ2) is 12.2.